The van der Waals surface area contributed by atoms with Crippen molar-refractivity contribution in [2.24, 2.45) is 7.05 Å². The Kier molecular flexibility index (Phi) is 6.06. The Morgan fingerprint density at radius 2 is 1.97 bits per heavy atom. The molecule has 1 amide bonds. The van der Waals surface area contributed by atoms with Gasteiger partial charge in [0.15, 0.2) is 0 Å². The molecule has 0 radical (unpaired) electrons. The van der Waals surface area contributed by atoms with Gasteiger partial charge in [0.1, 0.15) is 5.82 Å². The summed E-state index contributed by atoms with van der Waals surface area (Å²) < 4.78 is 1.74. The maximum Gasteiger partial charge on any atom is 0.246 e. The number of carbonyl (C=O) groups is 1. The molecule has 3 aromatic rings. The van der Waals surface area contributed by atoms with Crippen LogP contribution >= 0.6 is 0 Å². The van der Waals surface area contributed by atoms with Crippen LogP contribution in [-0.4, -0.2) is 48.6 Å². The first-order chi connectivity index (χ1) is 15.0. The van der Waals surface area contributed by atoms with Crippen LogP contribution < -0.4 is 5.32 Å². The van der Waals surface area contributed by atoms with E-state index in [-0.39, 0.29) is 11.8 Å². The maximum atomic E-state index is 12.7. The SMILES string of the molecule is Cc1cc(C)nc(Nc2cc(C3CCCN(C(=O)/C=C/c4ccnn4C)C3)ccn2)n1. The third-order valence-corrected chi connectivity index (χ3v) is 5.47. The van der Waals surface area contributed by atoms with Gasteiger partial charge in [-0.2, -0.15) is 5.10 Å². The van der Waals surface area contributed by atoms with E-state index in [9.17, 15) is 4.79 Å². The van der Waals surface area contributed by atoms with Crippen molar-refractivity contribution in [3.05, 3.63) is 65.4 Å². The number of nitrogens with zero attached hydrogens (tertiary/aromatic N) is 6. The highest BCUT2D eigenvalue weighted by atomic mass is 16.2. The molecule has 4 heterocycles. The lowest BCUT2D eigenvalue weighted by Gasteiger charge is -2.32. The smallest absolute Gasteiger partial charge is 0.246 e. The van der Waals surface area contributed by atoms with Crippen LogP contribution in [-0.2, 0) is 11.8 Å². The summed E-state index contributed by atoms with van der Waals surface area (Å²) in [6, 6.07) is 7.88. The van der Waals surface area contributed by atoms with Crippen LogP contribution in [0.5, 0.6) is 0 Å². The zero-order valence-corrected chi connectivity index (χ0v) is 18.1. The molecule has 8 nitrogen and oxygen atoms in total. The molecule has 4 rings (SSSR count). The normalized spacial score (nSPS) is 16.6. The Bertz CT molecular complexity index is 1080. The first kappa shape index (κ1) is 20.7. The van der Waals surface area contributed by atoms with Crippen molar-refractivity contribution < 1.29 is 4.79 Å². The molecule has 0 saturated carbocycles. The molecular weight excluding hydrogens is 390 g/mol. The van der Waals surface area contributed by atoms with Gasteiger partial charge in [-0.15, -0.1) is 0 Å². The van der Waals surface area contributed by atoms with Crippen molar-refractivity contribution in [2.45, 2.75) is 32.6 Å². The molecule has 3 aromatic heterocycles. The van der Waals surface area contributed by atoms with Crippen LogP contribution in [0.25, 0.3) is 6.08 Å². The van der Waals surface area contributed by atoms with E-state index in [1.54, 1.807) is 23.2 Å². The summed E-state index contributed by atoms with van der Waals surface area (Å²) in [7, 11) is 1.86. The lowest BCUT2D eigenvalue weighted by atomic mass is 9.91. The van der Waals surface area contributed by atoms with Gasteiger partial charge in [0.05, 0.1) is 5.69 Å². The largest absolute Gasteiger partial charge is 0.339 e. The summed E-state index contributed by atoms with van der Waals surface area (Å²) in [6.45, 7) is 5.36. The number of piperidine rings is 1. The number of pyridine rings is 1. The van der Waals surface area contributed by atoms with Crippen molar-refractivity contribution >= 4 is 23.7 Å². The number of hydrogen-bond acceptors (Lipinski definition) is 6. The highest BCUT2D eigenvalue weighted by Gasteiger charge is 2.24. The van der Waals surface area contributed by atoms with Crippen LogP contribution in [0.1, 0.15) is 41.4 Å². The number of rotatable bonds is 5. The lowest BCUT2D eigenvalue weighted by Crippen LogP contribution is -2.38. The zero-order chi connectivity index (χ0) is 21.8. The fourth-order valence-electron chi connectivity index (χ4n) is 3.92. The Hall–Kier alpha value is -3.55. The number of hydrogen-bond donors (Lipinski definition) is 1. The van der Waals surface area contributed by atoms with Gasteiger partial charge in [-0.25, -0.2) is 15.0 Å². The van der Waals surface area contributed by atoms with E-state index >= 15 is 0 Å². The van der Waals surface area contributed by atoms with E-state index in [0.717, 1.165) is 42.0 Å². The van der Waals surface area contributed by atoms with E-state index in [0.29, 0.717) is 18.3 Å². The van der Waals surface area contributed by atoms with Gasteiger partial charge in [-0.05, 0) is 62.6 Å². The second kappa shape index (κ2) is 9.07. The number of aryl methyl sites for hydroxylation is 3. The highest BCUT2D eigenvalue weighted by Crippen LogP contribution is 2.28. The van der Waals surface area contributed by atoms with Crippen LogP contribution in [0.3, 0.4) is 0 Å². The second-order valence-electron chi connectivity index (χ2n) is 7.91. The number of carbonyl (C=O) groups excluding carboxylic acids is 1. The molecule has 1 atom stereocenters. The number of aromatic nitrogens is 5. The molecule has 1 aliphatic heterocycles. The molecule has 1 saturated heterocycles. The predicted molar refractivity (Wildman–Crippen MR) is 120 cm³/mol. The molecule has 31 heavy (non-hydrogen) atoms. The minimum absolute atomic E-state index is 0.0296. The van der Waals surface area contributed by atoms with Gasteiger partial charge in [0, 0.05) is 55.9 Å². The monoisotopic (exact) mass is 417 g/mol. The summed E-state index contributed by atoms with van der Waals surface area (Å²) in [4.78, 5) is 27.9. The van der Waals surface area contributed by atoms with E-state index in [2.05, 4.69) is 25.4 Å². The Morgan fingerprint density at radius 1 is 1.16 bits per heavy atom. The molecule has 1 unspecified atom stereocenters. The number of nitrogens with one attached hydrogen (secondary N) is 1. The minimum Gasteiger partial charge on any atom is -0.339 e. The average Bonchev–Trinajstić information content (AvgIpc) is 3.16. The van der Waals surface area contributed by atoms with Crippen LogP contribution in [0, 0.1) is 13.8 Å². The summed E-state index contributed by atoms with van der Waals surface area (Å²) >= 11 is 0. The summed E-state index contributed by atoms with van der Waals surface area (Å²) in [5.74, 6) is 1.55. The van der Waals surface area contributed by atoms with Gasteiger partial charge in [-0.3, -0.25) is 9.48 Å². The average molecular weight is 418 g/mol. The molecule has 8 heteroatoms. The first-order valence-electron chi connectivity index (χ1n) is 10.5. The zero-order valence-electron chi connectivity index (χ0n) is 18.1. The number of amides is 1. The quantitative estimate of drug-likeness (QED) is 0.640. The van der Waals surface area contributed by atoms with Gasteiger partial charge < -0.3 is 10.2 Å². The van der Waals surface area contributed by atoms with E-state index in [1.807, 2.05) is 56.1 Å². The second-order valence-corrected chi connectivity index (χ2v) is 7.91. The number of likely N-dealkylation sites (tertiary alicyclic amines) is 1. The van der Waals surface area contributed by atoms with Crippen LogP contribution in [0.4, 0.5) is 11.8 Å². The molecule has 1 aliphatic rings. The molecule has 160 valence electrons. The first-order valence-corrected chi connectivity index (χ1v) is 10.5. The molecule has 0 aromatic carbocycles. The van der Waals surface area contributed by atoms with Crippen LogP contribution in [0.15, 0.2) is 42.7 Å². The van der Waals surface area contributed by atoms with E-state index < -0.39 is 0 Å². The van der Waals surface area contributed by atoms with Crippen LogP contribution in [0.2, 0.25) is 0 Å². The van der Waals surface area contributed by atoms with Gasteiger partial charge in [0.25, 0.3) is 0 Å². The molecular formula is C23H27N7O. The molecule has 0 bridgehead atoms. The van der Waals surface area contributed by atoms with E-state index in [4.69, 9.17) is 0 Å². The fourth-order valence-corrected chi connectivity index (χ4v) is 3.92. The standard InChI is InChI=1S/C23H27N7O/c1-16-13-17(2)27-23(26-16)28-21-14-18(8-10-24-21)19-5-4-12-30(15-19)22(31)7-6-20-9-11-25-29(20)3/h6-11,13-14,19H,4-5,12,15H2,1-3H3,(H,24,26,27,28)/b7-6+. The maximum absolute atomic E-state index is 12.7. The number of anilines is 2. The van der Waals surface area contributed by atoms with Gasteiger partial charge >= 0.3 is 0 Å². The topological polar surface area (TPSA) is 88.8 Å². The third-order valence-electron chi connectivity index (χ3n) is 5.47. The minimum atomic E-state index is 0.0296. The van der Waals surface area contributed by atoms with Gasteiger partial charge in [0.2, 0.25) is 11.9 Å². The van der Waals surface area contributed by atoms with Crippen molar-refractivity contribution in [3.63, 3.8) is 0 Å². The predicted octanol–water partition coefficient (Wildman–Crippen LogP) is 3.38. The highest BCUT2D eigenvalue weighted by molar-refractivity contribution is 5.91. The van der Waals surface area contributed by atoms with Crippen molar-refractivity contribution in [1.29, 1.82) is 0 Å². The van der Waals surface area contributed by atoms with Gasteiger partial charge in [-0.1, -0.05) is 0 Å². The molecule has 0 aliphatic carbocycles. The Morgan fingerprint density at radius 3 is 2.71 bits per heavy atom. The van der Waals surface area contributed by atoms with Crippen molar-refractivity contribution in [3.8, 4) is 0 Å². The lowest BCUT2D eigenvalue weighted by molar-refractivity contribution is -0.127. The van der Waals surface area contributed by atoms with E-state index in [1.165, 1.54) is 0 Å². The molecule has 0 spiro atoms. The van der Waals surface area contributed by atoms with Crippen molar-refractivity contribution in [1.82, 2.24) is 29.6 Å². The third kappa shape index (κ3) is 5.14. The Labute approximate surface area is 182 Å². The molecule has 1 N–H and O–H groups in total. The van der Waals surface area contributed by atoms with Crippen molar-refractivity contribution in [2.75, 3.05) is 18.4 Å². The fraction of sp³-hybridized carbons (Fsp3) is 0.348. The summed E-state index contributed by atoms with van der Waals surface area (Å²) in [6.07, 6.45) is 8.98. The summed E-state index contributed by atoms with van der Waals surface area (Å²) in [5.41, 5.74) is 3.88. The Balaban J connectivity index is 1.44. The molecule has 1 fully saturated rings. The summed E-state index contributed by atoms with van der Waals surface area (Å²) in [5, 5.41) is 7.33.